The number of hydrogen-bond donors (Lipinski definition) is 1. The summed E-state index contributed by atoms with van der Waals surface area (Å²) in [6.45, 7) is 6.53. The fourth-order valence-electron chi connectivity index (χ4n) is 3.10. The molecule has 1 saturated carbocycles. The maximum Gasteiger partial charge on any atom is 0.0369 e. The van der Waals surface area contributed by atoms with Crippen molar-refractivity contribution in [2.45, 2.75) is 32.1 Å². The van der Waals surface area contributed by atoms with Gasteiger partial charge in [0.25, 0.3) is 0 Å². The molecule has 1 aliphatic carbocycles. The van der Waals surface area contributed by atoms with Crippen LogP contribution in [0.2, 0.25) is 0 Å². The van der Waals surface area contributed by atoms with Gasteiger partial charge < -0.3 is 10.6 Å². The van der Waals surface area contributed by atoms with Crippen LogP contribution in [-0.4, -0.2) is 13.1 Å². The van der Waals surface area contributed by atoms with Crippen molar-refractivity contribution in [3.8, 4) is 0 Å². The third-order valence-electron chi connectivity index (χ3n) is 4.62. The van der Waals surface area contributed by atoms with Gasteiger partial charge in [0.2, 0.25) is 0 Å². The van der Waals surface area contributed by atoms with Crippen molar-refractivity contribution < 1.29 is 0 Å². The number of likely N-dealkylation sites (N-methyl/N-ethyl adjacent to an activating group) is 1. The first kappa shape index (κ1) is 14.0. The van der Waals surface area contributed by atoms with Crippen molar-refractivity contribution in [1.29, 1.82) is 0 Å². The molecule has 0 aliphatic heterocycles. The first-order valence-corrected chi connectivity index (χ1v) is 7.81. The average molecular weight is 280 g/mol. The highest BCUT2D eigenvalue weighted by atomic mass is 15.1. The summed E-state index contributed by atoms with van der Waals surface area (Å²) in [5.74, 6) is 0. The van der Waals surface area contributed by atoms with Crippen LogP contribution in [-0.2, 0) is 5.41 Å². The normalized spacial score (nSPS) is 15.7. The number of nitrogen functional groups attached to an aromatic ring is 1. The second kappa shape index (κ2) is 5.44. The highest BCUT2D eigenvalue weighted by Crippen LogP contribution is 2.49. The van der Waals surface area contributed by atoms with Gasteiger partial charge in [-0.05, 0) is 62.1 Å². The highest BCUT2D eigenvalue weighted by Gasteiger charge is 2.45. The lowest BCUT2D eigenvalue weighted by Crippen LogP contribution is -2.32. The molecule has 3 rings (SSSR count). The van der Waals surface area contributed by atoms with E-state index in [4.69, 9.17) is 5.73 Å². The molecule has 0 aromatic heterocycles. The van der Waals surface area contributed by atoms with E-state index in [0.29, 0.717) is 5.41 Å². The molecule has 2 nitrogen and oxygen atoms in total. The van der Waals surface area contributed by atoms with Crippen molar-refractivity contribution in [1.82, 2.24) is 0 Å². The molecule has 1 aliphatic rings. The van der Waals surface area contributed by atoms with Crippen LogP contribution < -0.4 is 10.6 Å². The third kappa shape index (κ3) is 2.90. The summed E-state index contributed by atoms with van der Waals surface area (Å²) < 4.78 is 0. The number of nitrogens with two attached hydrogens (primary N) is 1. The van der Waals surface area contributed by atoms with Gasteiger partial charge in [0.15, 0.2) is 0 Å². The van der Waals surface area contributed by atoms with Gasteiger partial charge >= 0.3 is 0 Å². The van der Waals surface area contributed by atoms with Gasteiger partial charge in [-0.3, -0.25) is 0 Å². The van der Waals surface area contributed by atoms with Crippen molar-refractivity contribution >= 4 is 11.4 Å². The molecule has 0 atom stereocenters. The maximum absolute atomic E-state index is 5.82. The summed E-state index contributed by atoms with van der Waals surface area (Å²) in [5.41, 5.74) is 11.1. The molecular weight excluding hydrogens is 256 g/mol. The maximum atomic E-state index is 5.82. The quantitative estimate of drug-likeness (QED) is 0.834. The van der Waals surface area contributed by atoms with E-state index >= 15 is 0 Å². The fraction of sp³-hybridized carbons (Fsp3) is 0.368. The zero-order valence-electron chi connectivity index (χ0n) is 13.0. The van der Waals surface area contributed by atoms with Crippen LogP contribution in [0.25, 0.3) is 0 Å². The van der Waals surface area contributed by atoms with E-state index in [1.54, 1.807) is 0 Å². The van der Waals surface area contributed by atoms with Crippen LogP contribution in [0.5, 0.6) is 0 Å². The Kier molecular flexibility index (Phi) is 3.62. The van der Waals surface area contributed by atoms with E-state index in [1.165, 1.54) is 29.7 Å². The molecule has 1 fully saturated rings. The monoisotopic (exact) mass is 280 g/mol. The van der Waals surface area contributed by atoms with E-state index in [2.05, 4.69) is 55.1 Å². The molecule has 0 bridgehead atoms. The third-order valence-corrected chi connectivity index (χ3v) is 4.62. The minimum atomic E-state index is 0.327. The minimum Gasteiger partial charge on any atom is -0.399 e. The van der Waals surface area contributed by atoms with Gasteiger partial charge in [-0.2, -0.15) is 0 Å². The van der Waals surface area contributed by atoms with Crippen LogP contribution in [0.15, 0.2) is 48.5 Å². The van der Waals surface area contributed by atoms with Gasteiger partial charge in [0.1, 0.15) is 0 Å². The number of benzene rings is 2. The predicted octanol–water partition coefficient (Wildman–Crippen LogP) is 4.14. The molecule has 2 heteroatoms. The minimum absolute atomic E-state index is 0.327. The Morgan fingerprint density at radius 2 is 1.81 bits per heavy atom. The molecule has 0 amide bonds. The molecular formula is C19H24N2. The van der Waals surface area contributed by atoms with Crippen molar-refractivity contribution in [3.05, 3.63) is 59.7 Å². The van der Waals surface area contributed by atoms with E-state index in [9.17, 15) is 0 Å². The zero-order valence-corrected chi connectivity index (χ0v) is 13.0. The first-order valence-electron chi connectivity index (χ1n) is 7.81. The molecule has 0 heterocycles. The van der Waals surface area contributed by atoms with E-state index in [0.717, 1.165) is 18.8 Å². The predicted molar refractivity (Wildman–Crippen MR) is 90.8 cm³/mol. The standard InChI is InChI=1S/C19H24N2/c1-3-21(18-6-4-5-15(2)13-18)14-19(11-12-19)16-7-9-17(20)10-8-16/h4-10,13H,3,11-12,14,20H2,1-2H3. The molecule has 0 spiro atoms. The Morgan fingerprint density at radius 3 is 2.38 bits per heavy atom. The Morgan fingerprint density at radius 1 is 1.10 bits per heavy atom. The lowest BCUT2D eigenvalue weighted by Gasteiger charge is -2.29. The summed E-state index contributed by atoms with van der Waals surface area (Å²) in [6, 6.07) is 17.3. The largest absolute Gasteiger partial charge is 0.399 e. The fourth-order valence-corrected chi connectivity index (χ4v) is 3.10. The molecule has 21 heavy (non-hydrogen) atoms. The molecule has 0 saturated heterocycles. The van der Waals surface area contributed by atoms with Crippen LogP contribution >= 0.6 is 0 Å². The number of nitrogens with zero attached hydrogens (tertiary/aromatic N) is 1. The SMILES string of the molecule is CCN(CC1(c2ccc(N)cc2)CC1)c1cccc(C)c1. The van der Waals surface area contributed by atoms with Crippen LogP contribution in [0, 0.1) is 6.92 Å². The second-order valence-corrected chi connectivity index (χ2v) is 6.26. The Balaban J connectivity index is 1.82. The van der Waals surface area contributed by atoms with Crippen LogP contribution in [0.1, 0.15) is 30.9 Å². The lowest BCUT2D eigenvalue weighted by atomic mass is 9.94. The van der Waals surface area contributed by atoms with Crippen molar-refractivity contribution in [3.63, 3.8) is 0 Å². The van der Waals surface area contributed by atoms with E-state index < -0.39 is 0 Å². The lowest BCUT2D eigenvalue weighted by molar-refractivity contribution is 0.649. The highest BCUT2D eigenvalue weighted by molar-refractivity contribution is 5.51. The summed E-state index contributed by atoms with van der Waals surface area (Å²) >= 11 is 0. The van der Waals surface area contributed by atoms with Gasteiger partial charge in [0.05, 0.1) is 0 Å². The second-order valence-electron chi connectivity index (χ2n) is 6.26. The topological polar surface area (TPSA) is 29.3 Å². The van der Waals surface area contributed by atoms with Crippen molar-refractivity contribution in [2.24, 2.45) is 0 Å². The zero-order chi connectivity index (χ0) is 14.9. The Bertz CT molecular complexity index is 612. The summed E-state index contributed by atoms with van der Waals surface area (Å²) in [5, 5.41) is 0. The van der Waals surface area contributed by atoms with Crippen LogP contribution in [0.3, 0.4) is 0 Å². The molecule has 0 unspecified atom stereocenters. The van der Waals surface area contributed by atoms with Gasteiger partial charge in [-0.1, -0.05) is 24.3 Å². The number of aryl methyl sites for hydroxylation is 1. The molecule has 2 aromatic rings. The molecule has 2 N–H and O–H groups in total. The summed E-state index contributed by atoms with van der Waals surface area (Å²) in [6.07, 6.45) is 2.55. The van der Waals surface area contributed by atoms with E-state index in [-0.39, 0.29) is 0 Å². The van der Waals surface area contributed by atoms with Gasteiger partial charge in [0, 0.05) is 29.9 Å². The Hall–Kier alpha value is -1.96. The van der Waals surface area contributed by atoms with Gasteiger partial charge in [-0.15, -0.1) is 0 Å². The Labute approximate surface area is 127 Å². The van der Waals surface area contributed by atoms with Crippen LogP contribution in [0.4, 0.5) is 11.4 Å². The first-order chi connectivity index (χ1) is 10.1. The molecule has 0 radical (unpaired) electrons. The summed E-state index contributed by atoms with van der Waals surface area (Å²) in [7, 11) is 0. The number of rotatable bonds is 5. The van der Waals surface area contributed by atoms with Crippen molar-refractivity contribution in [2.75, 3.05) is 23.7 Å². The molecule has 110 valence electrons. The van der Waals surface area contributed by atoms with E-state index in [1.807, 2.05) is 12.1 Å². The number of hydrogen-bond acceptors (Lipinski definition) is 2. The van der Waals surface area contributed by atoms with Gasteiger partial charge in [-0.25, -0.2) is 0 Å². The smallest absolute Gasteiger partial charge is 0.0369 e. The summed E-state index contributed by atoms with van der Waals surface area (Å²) in [4.78, 5) is 2.50. The number of anilines is 2. The molecule has 2 aromatic carbocycles. The average Bonchev–Trinajstić information content (AvgIpc) is 3.26.